The molecule has 12 heavy (non-hydrogen) atoms. The Morgan fingerprint density at radius 1 is 1.50 bits per heavy atom. The van der Waals surface area contributed by atoms with E-state index >= 15 is 0 Å². The molecule has 5 heteroatoms. The Bertz CT molecular complexity index is 238. The molecule has 0 saturated carbocycles. The maximum absolute atomic E-state index is 11.2. The van der Waals surface area contributed by atoms with Gasteiger partial charge in [0.25, 0.3) is 0 Å². The van der Waals surface area contributed by atoms with Crippen LogP contribution in [-0.2, 0) is 10.0 Å². The second-order valence-corrected chi connectivity index (χ2v) is 5.19. The third-order valence-electron chi connectivity index (χ3n) is 2.27. The fourth-order valence-corrected chi connectivity index (χ4v) is 2.84. The van der Waals surface area contributed by atoms with Gasteiger partial charge in [-0.25, -0.2) is 8.42 Å². The Morgan fingerprint density at radius 2 is 2.17 bits per heavy atom. The molecule has 1 atom stereocenters. The minimum Gasteiger partial charge on any atom is -0.329 e. The Kier molecular flexibility index (Phi) is 3.09. The van der Waals surface area contributed by atoms with Crippen LogP contribution in [-0.4, -0.2) is 38.1 Å². The topological polar surface area (TPSA) is 63.4 Å². The van der Waals surface area contributed by atoms with Crippen LogP contribution in [0.25, 0.3) is 0 Å². The zero-order valence-electron chi connectivity index (χ0n) is 7.36. The number of hydrogen-bond acceptors (Lipinski definition) is 3. The van der Waals surface area contributed by atoms with Gasteiger partial charge in [-0.05, 0) is 12.8 Å². The van der Waals surface area contributed by atoms with Crippen molar-refractivity contribution in [2.24, 2.45) is 5.73 Å². The van der Waals surface area contributed by atoms with Gasteiger partial charge in [0, 0.05) is 19.1 Å². The predicted octanol–water partition coefficient (Wildman–Crippen LogP) is -0.241. The van der Waals surface area contributed by atoms with Crippen molar-refractivity contribution < 1.29 is 8.42 Å². The van der Waals surface area contributed by atoms with Crippen molar-refractivity contribution in [2.75, 3.05) is 19.3 Å². The molecule has 0 bridgehead atoms. The highest BCUT2D eigenvalue weighted by atomic mass is 32.2. The normalized spacial score (nSPS) is 27.3. The Labute approximate surface area is 73.8 Å². The molecule has 1 heterocycles. The lowest BCUT2D eigenvalue weighted by molar-refractivity contribution is 0.259. The van der Waals surface area contributed by atoms with E-state index in [4.69, 9.17) is 5.73 Å². The molecule has 0 aromatic rings. The first-order chi connectivity index (χ1) is 5.55. The quantitative estimate of drug-likeness (QED) is 0.656. The molecule has 2 N–H and O–H groups in total. The molecule has 0 aromatic carbocycles. The van der Waals surface area contributed by atoms with Crippen LogP contribution in [0.2, 0.25) is 0 Å². The third-order valence-corrected chi connectivity index (χ3v) is 3.60. The summed E-state index contributed by atoms with van der Waals surface area (Å²) in [5.41, 5.74) is 5.48. The fraction of sp³-hybridized carbons (Fsp3) is 1.00. The molecule has 1 fully saturated rings. The molecule has 0 aliphatic carbocycles. The summed E-state index contributed by atoms with van der Waals surface area (Å²) in [6.45, 7) is 1.08. The van der Waals surface area contributed by atoms with Crippen LogP contribution in [0.5, 0.6) is 0 Å². The maximum Gasteiger partial charge on any atom is 0.211 e. The van der Waals surface area contributed by atoms with Gasteiger partial charge in [-0.2, -0.15) is 4.31 Å². The molecule has 1 unspecified atom stereocenters. The van der Waals surface area contributed by atoms with Crippen molar-refractivity contribution in [1.29, 1.82) is 0 Å². The molecule has 72 valence electrons. The zero-order chi connectivity index (χ0) is 9.19. The summed E-state index contributed by atoms with van der Waals surface area (Å²) in [5.74, 6) is 0. The summed E-state index contributed by atoms with van der Waals surface area (Å²) in [6.07, 6.45) is 4.21. The molecule has 0 amide bonds. The summed E-state index contributed by atoms with van der Waals surface area (Å²) in [7, 11) is -3.03. The average molecular weight is 192 g/mol. The number of hydrogen-bond donors (Lipinski definition) is 1. The molecule has 1 rings (SSSR count). The van der Waals surface area contributed by atoms with E-state index in [-0.39, 0.29) is 6.04 Å². The number of sulfonamides is 1. The highest BCUT2D eigenvalue weighted by molar-refractivity contribution is 7.88. The molecule has 0 spiro atoms. The van der Waals surface area contributed by atoms with Crippen molar-refractivity contribution in [3.05, 3.63) is 0 Å². The summed E-state index contributed by atoms with van der Waals surface area (Å²) in [5, 5.41) is 0. The lowest BCUT2D eigenvalue weighted by Gasteiger charge is -2.32. The Hall–Kier alpha value is -0.130. The van der Waals surface area contributed by atoms with Crippen LogP contribution in [0.3, 0.4) is 0 Å². The van der Waals surface area contributed by atoms with Crippen LogP contribution in [0.1, 0.15) is 19.3 Å². The molecule has 1 aliphatic heterocycles. The van der Waals surface area contributed by atoms with E-state index < -0.39 is 10.0 Å². The average Bonchev–Trinajstić information content (AvgIpc) is 2.03. The van der Waals surface area contributed by atoms with Crippen molar-refractivity contribution >= 4 is 10.0 Å². The van der Waals surface area contributed by atoms with E-state index in [1.807, 2.05) is 0 Å². The van der Waals surface area contributed by atoms with Gasteiger partial charge in [0.1, 0.15) is 0 Å². The minimum absolute atomic E-state index is 0.0359. The SMILES string of the molecule is CS(=O)(=O)N1CCCCC1CN. The van der Waals surface area contributed by atoms with E-state index in [1.165, 1.54) is 10.6 Å². The molecular formula is C7H16N2O2S. The van der Waals surface area contributed by atoms with Crippen molar-refractivity contribution in [3.63, 3.8) is 0 Å². The summed E-state index contributed by atoms with van der Waals surface area (Å²) < 4.78 is 24.0. The molecule has 1 aliphatic rings. The van der Waals surface area contributed by atoms with E-state index in [0.29, 0.717) is 13.1 Å². The van der Waals surface area contributed by atoms with Crippen LogP contribution < -0.4 is 5.73 Å². The lowest BCUT2D eigenvalue weighted by atomic mass is 10.1. The predicted molar refractivity (Wildman–Crippen MR) is 48.2 cm³/mol. The fourth-order valence-electron chi connectivity index (χ4n) is 1.65. The molecule has 0 radical (unpaired) electrons. The van der Waals surface area contributed by atoms with Crippen LogP contribution in [0.15, 0.2) is 0 Å². The minimum atomic E-state index is -3.03. The first-order valence-corrected chi connectivity index (χ1v) is 6.07. The third kappa shape index (κ3) is 2.18. The van der Waals surface area contributed by atoms with Crippen molar-refractivity contribution in [1.82, 2.24) is 4.31 Å². The number of nitrogens with two attached hydrogens (primary N) is 1. The lowest BCUT2D eigenvalue weighted by Crippen LogP contribution is -2.46. The largest absolute Gasteiger partial charge is 0.329 e. The maximum atomic E-state index is 11.2. The van der Waals surface area contributed by atoms with Crippen LogP contribution in [0, 0.1) is 0 Å². The monoisotopic (exact) mass is 192 g/mol. The van der Waals surface area contributed by atoms with Crippen LogP contribution >= 0.6 is 0 Å². The van der Waals surface area contributed by atoms with E-state index in [1.54, 1.807) is 0 Å². The smallest absolute Gasteiger partial charge is 0.211 e. The second-order valence-electron chi connectivity index (χ2n) is 3.26. The van der Waals surface area contributed by atoms with Gasteiger partial charge in [-0.1, -0.05) is 6.42 Å². The zero-order valence-corrected chi connectivity index (χ0v) is 8.18. The highest BCUT2D eigenvalue weighted by Crippen LogP contribution is 2.18. The van der Waals surface area contributed by atoms with E-state index in [9.17, 15) is 8.42 Å². The summed E-state index contributed by atoms with van der Waals surface area (Å²) >= 11 is 0. The van der Waals surface area contributed by atoms with E-state index in [0.717, 1.165) is 19.3 Å². The molecule has 1 saturated heterocycles. The summed E-state index contributed by atoms with van der Waals surface area (Å²) in [6, 6.07) is 0.0359. The van der Waals surface area contributed by atoms with Gasteiger partial charge in [0.15, 0.2) is 0 Å². The van der Waals surface area contributed by atoms with Gasteiger partial charge >= 0.3 is 0 Å². The molecule has 0 aromatic heterocycles. The standard InChI is InChI=1S/C7H16N2O2S/c1-12(10,11)9-5-3-2-4-7(9)6-8/h7H,2-6,8H2,1H3. The number of piperidine rings is 1. The van der Waals surface area contributed by atoms with Gasteiger partial charge < -0.3 is 5.73 Å². The Balaban J connectivity index is 2.72. The first-order valence-electron chi connectivity index (χ1n) is 4.22. The van der Waals surface area contributed by atoms with E-state index in [2.05, 4.69) is 0 Å². The molecule has 4 nitrogen and oxygen atoms in total. The number of nitrogens with zero attached hydrogens (tertiary/aromatic N) is 1. The molecular weight excluding hydrogens is 176 g/mol. The van der Waals surface area contributed by atoms with Crippen LogP contribution in [0.4, 0.5) is 0 Å². The Morgan fingerprint density at radius 3 is 2.58 bits per heavy atom. The van der Waals surface area contributed by atoms with Gasteiger partial charge in [-0.3, -0.25) is 0 Å². The van der Waals surface area contributed by atoms with Gasteiger partial charge in [0.05, 0.1) is 6.26 Å². The van der Waals surface area contributed by atoms with Crippen molar-refractivity contribution in [2.45, 2.75) is 25.3 Å². The second kappa shape index (κ2) is 3.72. The number of rotatable bonds is 2. The first kappa shape index (κ1) is 9.95. The highest BCUT2D eigenvalue weighted by Gasteiger charge is 2.27. The van der Waals surface area contributed by atoms with Gasteiger partial charge in [-0.15, -0.1) is 0 Å². The van der Waals surface area contributed by atoms with Crippen molar-refractivity contribution in [3.8, 4) is 0 Å². The summed E-state index contributed by atoms with van der Waals surface area (Å²) in [4.78, 5) is 0. The van der Waals surface area contributed by atoms with Gasteiger partial charge in [0.2, 0.25) is 10.0 Å².